The van der Waals surface area contributed by atoms with E-state index >= 15 is 0 Å². The zero-order valence-electron chi connectivity index (χ0n) is 9.47. The van der Waals surface area contributed by atoms with Crippen molar-refractivity contribution in [3.8, 4) is 0 Å². The molecule has 0 fully saturated rings. The first kappa shape index (κ1) is 11.1. The van der Waals surface area contributed by atoms with Crippen LogP contribution in [0.3, 0.4) is 0 Å². The summed E-state index contributed by atoms with van der Waals surface area (Å²) in [7, 11) is 0. The van der Waals surface area contributed by atoms with Crippen molar-refractivity contribution in [2.45, 2.75) is 26.3 Å². The molecule has 84 valence electrons. The highest BCUT2D eigenvalue weighted by Crippen LogP contribution is 2.20. The second kappa shape index (κ2) is 5.07. The standard InChI is InChI=1S/C12H15N3S/c1-3-10-4-6-11(7-5-10)9(2)14-12-15-13-8-16-12/h4-9H,3H2,1-2H3,(H,14,15). The Hall–Kier alpha value is -1.42. The molecule has 1 aromatic heterocycles. The molecule has 1 unspecified atom stereocenters. The van der Waals surface area contributed by atoms with E-state index in [0.717, 1.165) is 11.6 Å². The average Bonchev–Trinajstić information content (AvgIpc) is 2.82. The number of hydrogen-bond donors (Lipinski definition) is 1. The van der Waals surface area contributed by atoms with Crippen molar-refractivity contribution in [2.24, 2.45) is 0 Å². The van der Waals surface area contributed by atoms with E-state index in [-0.39, 0.29) is 6.04 Å². The minimum Gasteiger partial charge on any atom is -0.354 e. The van der Waals surface area contributed by atoms with Crippen LogP contribution in [0.5, 0.6) is 0 Å². The SMILES string of the molecule is CCc1ccc(C(C)Nc2nncs2)cc1. The van der Waals surface area contributed by atoms with Crippen LogP contribution in [-0.2, 0) is 6.42 Å². The van der Waals surface area contributed by atoms with Crippen LogP contribution in [0.2, 0.25) is 0 Å². The molecule has 4 heteroatoms. The predicted molar refractivity (Wildman–Crippen MR) is 67.8 cm³/mol. The highest BCUT2D eigenvalue weighted by molar-refractivity contribution is 7.13. The summed E-state index contributed by atoms with van der Waals surface area (Å²) in [5.74, 6) is 0. The fraction of sp³-hybridized carbons (Fsp3) is 0.333. The molecule has 0 saturated heterocycles. The maximum atomic E-state index is 3.97. The van der Waals surface area contributed by atoms with E-state index in [1.165, 1.54) is 22.5 Å². The number of benzene rings is 1. The Morgan fingerprint density at radius 2 is 2.06 bits per heavy atom. The van der Waals surface area contributed by atoms with Crippen LogP contribution < -0.4 is 5.32 Å². The molecule has 3 nitrogen and oxygen atoms in total. The fourth-order valence-corrected chi connectivity index (χ4v) is 2.08. The van der Waals surface area contributed by atoms with Gasteiger partial charge in [0.1, 0.15) is 5.51 Å². The topological polar surface area (TPSA) is 37.8 Å². The molecule has 0 amide bonds. The average molecular weight is 233 g/mol. The van der Waals surface area contributed by atoms with Gasteiger partial charge < -0.3 is 5.32 Å². The summed E-state index contributed by atoms with van der Waals surface area (Å²) in [5.41, 5.74) is 4.37. The van der Waals surface area contributed by atoms with Gasteiger partial charge in [0.05, 0.1) is 6.04 Å². The zero-order chi connectivity index (χ0) is 11.4. The molecule has 16 heavy (non-hydrogen) atoms. The number of nitrogens with one attached hydrogen (secondary N) is 1. The maximum Gasteiger partial charge on any atom is 0.205 e. The van der Waals surface area contributed by atoms with Crippen LogP contribution in [-0.4, -0.2) is 10.2 Å². The van der Waals surface area contributed by atoms with E-state index in [2.05, 4.69) is 53.6 Å². The lowest BCUT2D eigenvalue weighted by Crippen LogP contribution is -2.06. The molecule has 1 N–H and O–H groups in total. The number of nitrogens with zero attached hydrogens (tertiary/aromatic N) is 2. The molecule has 0 radical (unpaired) electrons. The summed E-state index contributed by atoms with van der Waals surface area (Å²) in [4.78, 5) is 0. The summed E-state index contributed by atoms with van der Waals surface area (Å²) < 4.78 is 0. The molecule has 1 heterocycles. The van der Waals surface area contributed by atoms with Gasteiger partial charge in [-0.25, -0.2) is 0 Å². The summed E-state index contributed by atoms with van der Waals surface area (Å²) in [6, 6.07) is 8.94. The minimum atomic E-state index is 0.263. The third-order valence-electron chi connectivity index (χ3n) is 2.59. The summed E-state index contributed by atoms with van der Waals surface area (Å²) in [6.45, 7) is 4.29. The largest absolute Gasteiger partial charge is 0.354 e. The van der Waals surface area contributed by atoms with Gasteiger partial charge >= 0.3 is 0 Å². The van der Waals surface area contributed by atoms with E-state index in [0.29, 0.717) is 0 Å². The Labute approximate surface area is 99.5 Å². The first-order valence-corrected chi connectivity index (χ1v) is 6.29. The molecule has 1 atom stereocenters. The Morgan fingerprint density at radius 3 is 2.62 bits per heavy atom. The first-order chi connectivity index (χ1) is 7.79. The van der Waals surface area contributed by atoms with Gasteiger partial charge in [-0.3, -0.25) is 0 Å². The van der Waals surface area contributed by atoms with Gasteiger partial charge in [0.15, 0.2) is 0 Å². The highest BCUT2D eigenvalue weighted by Gasteiger charge is 2.06. The summed E-state index contributed by atoms with van der Waals surface area (Å²) in [5, 5.41) is 12.0. The van der Waals surface area contributed by atoms with Gasteiger partial charge in [-0.2, -0.15) is 0 Å². The molecule has 0 spiro atoms. The Bertz CT molecular complexity index is 422. The smallest absolute Gasteiger partial charge is 0.205 e. The van der Waals surface area contributed by atoms with Crippen molar-refractivity contribution >= 4 is 16.5 Å². The third kappa shape index (κ3) is 2.58. The van der Waals surface area contributed by atoms with Crippen molar-refractivity contribution in [3.05, 3.63) is 40.9 Å². The molecule has 0 bridgehead atoms. The second-order valence-corrected chi connectivity index (χ2v) is 4.54. The van der Waals surface area contributed by atoms with Gasteiger partial charge in [-0.1, -0.05) is 42.5 Å². The van der Waals surface area contributed by atoms with Gasteiger partial charge in [0.25, 0.3) is 0 Å². The van der Waals surface area contributed by atoms with Gasteiger partial charge in [-0.05, 0) is 24.5 Å². The van der Waals surface area contributed by atoms with E-state index in [1.807, 2.05) is 0 Å². The third-order valence-corrected chi connectivity index (χ3v) is 3.21. The van der Waals surface area contributed by atoms with Gasteiger partial charge in [0.2, 0.25) is 5.13 Å². The van der Waals surface area contributed by atoms with E-state index in [1.54, 1.807) is 5.51 Å². The quantitative estimate of drug-likeness (QED) is 0.880. The van der Waals surface area contributed by atoms with E-state index < -0.39 is 0 Å². The van der Waals surface area contributed by atoms with E-state index in [4.69, 9.17) is 0 Å². The maximum absolute atomic E-state index is 3.97. The van der Waals surface area contributed by atoms with Crippen LogP contribution >= 0.6 is 11.3 Å². The molecule has 0 aliphatic rings. The van der Waals surface area contributed by atoms with Crippen molar-refractivity contribution in [2.75, 3.05) is 5.32 Å². The van der Waals surface area contributed by atoms with E-state index in [9.17, 15) is 0 Å². The molecular weight excluding hydrogens is 218 g/mol. The summed E-state index contributed by atoms with van der Waals surface area (Å²) in [6.07, 6.45) is 1.08. The van der Waals surface area contributed by atoms with Crippen molar-refractivity contribution in [1.82, 2.24) is 10.2 Å². The van der Waals surface area contributed by atoms with Gasteiger partial charge in [0, 0.05) is 0 Å². The normalized spacial score (nSPS) is 12.4. The van der Waals surface area contributed by atoms with Crippen molar-refractivity contribution < 1.29 is 0 Å². The summed E-state index contributed by atoms with van der Waals surface area (Å²) >= 11 is 1.52. The first-order valence-electron chi connectivity index (χ1n) is 5.41. The molecule has 0 aliphatic carbocycles. The molecule has 0 aliphatic heterocycles. The number of rotatable bonds is 4. The van der Waals surface area contributed by atoms with Crippen molar-refractivity contribution in [3.63, 3.8) is 0 Å². The fourth-order valence-electron chi connectivity index (χ4n) is 1.55. The zero-order valence-corrected chi connectivity index (χ0v) is 10.3. The number of aromatic nitrogens is 2. The number of aryl methyl sites for hydroxylation is 1. The highest BCUT2D eigenvalue weighted by atomic mass is 32.1. The number of hydrogen-bond acceptors (Lipinski definition) is 4. The molecule has 1 aromatic carbocycles. The van der Waals surface area contributed by atoms with Crippen molar-refractivity contribution in [1.29, 1.82) is 0 Å². The van der Waals surface area contributed by atoms with Crippen LogP contribution in [0.25, 0.3) is 0 Å². The lowest BCUT2D eigenvalue weighted by Gasteiger charge is -2.13. The number of anilines is 1. The Balaban J connectivity index is 2.05. The molecule has 2 rings (SSSR count). The Morgan fingerprint density at radius 1 is 1.31 bits per heavy atom. The van der Waals surface area contributed by atoms with Crippen LogP contribution in [0.15, 0.2) is 29.8 Å². The predicted octanol–water partition coefficient (Wildman–Crippen LogP) is 3.27. The molecular formula is C12H15N3S. The molecule has 2 aromatic rings. The van der Waals surface area contributed by atoms with Crippen LogP contribution in [0.4, 0.5) is 5.13 Å². The monoisotopic (exact) mass is 233 g/mol. The second-order valence-electron chi connectivity index (χ2n) is 3.71. The van der Waals surface area contributed by atoms with Gasteiger partial charge in [-0.15, -0.1) is 10.2 Å². The van der Waals surface area contributed by atoms with Crippen LogP contribution in [0.1, 0.15) is 31.0 Å². The minimum absolute atomic E-state index is 0.263. The lowest BCUT2D eigenvalue weighted by molar-refractivity contribution is 0.872. The van der Waals surface area contributed by atoms with Crippen LogP contribution in [0, 0.1) is 0 Å². The lowest BCUT2D eigenvalue weighted by atomic mass is 10.1. The molecule has 0 saturated carbocycles. The Kier molecular flexibility index (Phi) is 3.51.